The molecule has 2 aliphatic rings. The Kier molecular flexibility index (Phi) is 3.16. The number of carbonyl (C=O) groups is 1. The highest BCUT2D eigenvalue weighted by Crippen LogP contribution is 2.28. The summed E-state index contributed by atoms with van der Waals surface area (Å²) in [4.78, 5) is 17.6. The quantitative estimate of drug-likeness (QED) is 0.745. The van der Waals surface area contributed by atoms with Crippen LogP contribution in [0.1, 0.15) is 18.4 Å². The lowest BCUT2D eigenvalue weighted by Gasteiger charge is -2.17. The van der Waals surface area contributed by atoms with E-state index < -0.39 is 11.6 Å². The van der Waals surface area contributed by atoms with Gasteiger partial charge in [-0.1, -0.05) is 5.46 Å². The van der Waals surface area contributed by atoms with Gasteiger partial charge < -0.3 is 4.90 Å². The van der Waals surface area contributed by atoms with Crippen molar-refractivity contribution in [3.8, 4) is 0 Å². The third-order valence-electron chi connectivity index (χ3n) is 3.51. The monoisotopic (exact) mass is 272 g/mol. The van der Waals surface area contributed by atoms with E-state index >= 15 is 0 Å². The number of hydrogen-bond acceptors (Lipinski definition) is 2. The fourth-order valence-electron chi connectivity index (χ4n) is 2.51. The van der Waals surface area contributed by atoms with Crippen LogP contribution in [0.15, 0.2) is 28.4 Å². The number of carbonyl (C=O) groups excluding carboxylic acids is 1. The van der Waals surface area contributed by atoms with Crippen molar-refractivity contribution in [3.63, 3.8) is 0 Å². The average molecular weight is 272 g/mol. The molecule has 3 rings (SSSR count). The number of nitrogens with zero attached hydrogens (tertiary/aromatic N) is 2. The van der Waals surface area contributed by atoms with E-state index in [-0.39, 0.29) is 23.5 Å². The lowest BCUT2D eigenvalue weighted by molar-refractivity contribution is -0.126. The van der Waals surface area contributed by atoms with Gasteiger partial charge in [-0.25, -0.2) is 8.78 Å². The summed E-state index contributed by atoms with van der Waals surface area (Å²) in [7, 11) is 5.37. The Morgan fingerprint density at radius 1 is 1.30 bits per heavy atom. The van der Waals surface area contributed by atoms with Crippen LogP contribution < -0.4 is 5.46 Å². The molecule has 2 heterocycles. The molecule has 1 amide bonds. The van der Waals surface area contributed by atoms with Gasteiger partial charge in [-0.3, -0.25) is 9.79 Å². The van der Waals surface area contributed by atoms with Crippen molar-refractivity contribution in [1.29, 1.82) is 0 Å². The smallest absolute Gasteiger partial charge is 0.273 e. The van der Waals surface area contributed by atoms with E-state index in [2.05, 4.69) is 4.99 Å². The summed E-state index contributed by atoms with van der Waals surface area (Å²) in [5, 5.41) is 0. The van der Waals surface area contributed by atoms with Crippen molar-refractivity contribution in [2.24, 2.45) is 4.99 Å². The van der Waals surface area contributed by atoms with E-state index in [9.17, 15) is 13.6 Å². The lowest BCUT2D eigenvalue weighted by Crippen LogP contribution is -2.28. The maximum absolute atomic E-state index is 13.8. The zero-order valence-electron chi connectivity index (χ0n) is 10.7. The Hall–Kier alpha value is -1.98. The van der Waals surface area contributed by atoms with E-state index in [4.69, 9.17) is 7.85 Å². The second kappa shape index (κ2) is 4.85. The summed E-state index contributed by atoms with van der Waals surface area (Å²) in [5.41, 5.74) is 1.25. The van der Waals surface area contributed by atoms with Crippen LogP contribution in [0, 0.1) is 11.6 Å². The normalized spacial score (nSPS) is 17.9. The van der Waals surface area contributed by atoms with Crippen LogP contribution in [0.4, 0.5) is 8.78 Å². The SMILES string of the molecule is [B]c1cc(F)c(CN2CC3=C(N=CCC3)C2=O)c(F)c1. The van der Waals surface area contributed by atoms with Crippen molar-refractivity contribution in [1.82, 2.24) is 4.90 Å². The van der Waals surface area contributed by atoms with Crippen LogP contribution in [0.5, 0.6) is 0 Å². The highest BCUT2D eigenvalue weighted by atomic mass is 19.1. The van der Waals surface area contributed by atoms with Crippen LogP contribution in [-0.2, 0) is 11.3 Å². The topological polar surface area (TPSA) is 32.7 Å². The Labute approximate surface area is 116 Å². The molecule has 2 aliphatic heterocycles. The summed E-state index contributed by atoms with van der Waals surface area (Å²) in [6.07, 6.45) is 3.27. The van der Waals surface area contributed by atoms with Gasteiger partial charge in [0.05, 0.1) is 6.54 Å². The fraction of sp³-hybridized carbons (Fsp3) is 0.286. The van der Waals surface area contributed by atoms with Crippen LogP contribution >= 0.6 is 0 Å². The van der Waals surface area contributed by atoms with Crippen LogP contribution in [0.2, 0.25) is 0 Å². The Morgan fingerprint density at radius 2 is 2.00 bits per heavy atom. The van der Waals surface area contributed by atoms with E-state index in [0.29, 0.717) is 12.2 Å². The minimum Gasteiger partial charge on any atom is -0.329 e. The van der Waals surface area contributed by atoms with E-state index in [1.165, 1.54) is 4.90 Å². The van der Waals surface area contributed by atoms with Crippen molar-refractivity contribution >= 4 is 25.4 Å². The van der Waals surface area contributed by atoms with Gasteiger partial charge in [0.2, 0.25) is 0 Å². The zero-order chi connectivity index (χ0) is 14.3. The molecule has 1 aromatic carbocycles. The molecule has 20 heavy (non-hydrogen) atoms. The van der Waals surface area contributed by atoms with Gasteiger partial charge in [0, 0.05) is 18.3 Å². The summed E-state index contributed by atoms with van der Waals surface area (Å²) in [6, 6.07) is 2.12. The standard InChI is InChI=1S/C14H11BF2N2O/c15-9-4-11(16)10(12(17)5-9)7-19-6-8-2-1-3-18-13(8)14(19)20/h3-5H,1-2,6-7H2. The first-order valence-electron chi connectivity index (χ1n) is 6.33. The number of amides is 1. The zero-order valence-corrected chi connectivity index (χ0v) is 10.7. The first kappa shape index (κ1) is 13.0. The highest BCUT2D eigenvalue weighted by molar-refractivity contribution is 6.32. The second-order valence-corrected chi connectivity index (χ2v) is 4.93. The van der Waals surface area contributed by atoms with Crippen molar-refractivity contribution in [3.05, 3.63) is 40.6 Å². The number of halogens is 2. The van der Waals surface area contributed by atoms with Gasteiger partial charge in [-0.15, -0.1) is 0 Å². The molecule has 6 heteroatoms. The van der Waals surface area contributed by atoms with E-state index in [0.717, 1.165) is 30.5 Å². The maximum atomic E-state index is 13.8. The predicted octanol–water partition coefficient (Wildman–Crippen LogP) is 1.22. The Morgan fingerprint density at radius 3 is 2.65 bits per heavy atom. The molecular weight excluding hydrogens is 261 g/mol. The summed E-state index contributed by atoms with van der Waals surface area (Å²) < 4.78 is 27.5. The Bertz CT molecular complexity index is 632. The number of hydrogen-bond donors (Lipinski definition) is 0. The molecule has 0 saturated heterocycles. The van der Waals surface area contributed by atoms with Crippen molar-refractivity contribution in [2.45, 2.75) is 19.4 Å². The summed E-state index contributed by atoms with van der Waals surface area (Å²) >= 11 is 0. The minimum atomic E-state index is -0.733. The van der Waals surface area contributed by atoms with Gasteiger partial charge >= 0.3 is 0 Å². The van der Waals surface area contributed by atoms with Crippen LogP contribution in [-0.4, -0.2) is 31.4 Å². The third-order valence-corrected chi connectivity index (χ3v) is 3.51. The van der Waals surface area contributed by atoms with Crippen molar-refractivity contribution < 1.29 is 13.6 Å². The van der Waals surface area contributed by atoms with Gasteiger partial charge in [-0.2, -0.15) is 0 Å². The minimum absolute atomic E-state index is 0.0264. The van der Waals surface area contributed by atoms with E-state index in [1.54, 1.807) is 6.21 Å². The van der Waals surface area contributed by atoms with Gasteiger partial charge in [0.1, 0.15) is 25.2 Å². The van der Waals surface area contributed by atoms with Crippen LogP contribution in [0.25, 0.3) is 0 Å². The molecule has 0 fully saturated rings. The first-order valence-corrected chi connectivity index (χ1v) is 6.33. The van der Waals surface area contributed by atoms with Gasteiger partial charge in [0.15, 0.2) is 0 Å². The largest absolute Gasteiger partial charge is 0.329 e. The molecule has 0 saturated carbocycles. The number of rotatable bonds is 2. The molecule has 2 radical (unpaired) electrons. The molecule has 0 unspecified atom stereocenters. The maximum Gasteiger partial charge on any atom is 0.273 e. The van der Waals surface area contributed by atoms with Crippen LogP contribution in [0.3, 0.4) is 0 Å². The molecule has 0 N–H and O–H groups in total. The Balaban J connectivity index is 1.84. The molecule has 0 aromatic heterocycles. The first-order chi connectivity index (χ1) is 9.56. The molecule has 0 bridgehead atoms. The average Bonchev–Trinajstić information content (AvgIpc) is 2.71. The molecule has 3 nitrogen and oxygen atoms in total. The highest BCUT2D eigenvalue weighted by Gasteiger charge is 2.31. The summed E-state index contributed by atoms with van der Waals surface area (Å²) in [6.45, 7) is 0.272. The van der Waals surface area contributed by atoms with E-state index in [1.807, 2.05) is 0 Å². The fourth-order valence-corrected chi connectivity index (χ4v) is 2.51. The molecule has 0 atom stereocenters. The number of aliphatic imine (C=N–C) groups is 1. The summed E-state index contributed by atoms with van der Waals surface area (Å²) in [5.74, 6) is -1.74. The predicted molar refractivity (Wildman–Crippen MR) is 71.9 cm³/mol. The molecule has 100 valence electrons. The number of benzene rings is 1. The van der Waals surface area contributed by atoms with Gasteiger partial charge in [-0.05, 0) is 30.5 Å². The lowest BCUT2D eigenvalue weighted by atomic mass is 9.94. The molecule has 0 aliphatic carbocycles. The molecule has 0 spiro atoms. The third kappa shape index (κ3) is 2.15. The van der Waals surface area contributed by atoms with Crippen molar-refractivity contribution in [2.75, 3.05) is 6.54 Å². The molecular formula is C14H11BF2N2O. The second-order valence-electron chi connectivity index (χ2n) is 4.93. The molecule has 1 aromatic rings. The van der Waals surface area contributed by atoms with Gasteiger partial charge in [0.25, 0.3) is 5.91 Å².